The number of aromatic nitrogens is 3. The highest BCUT2D eigenvalue weighted by Gasteiger charge is 2.19. The number of hydrogen-bond donors (Lipinski definition) is 2. The Morgan fingerprint density at radius 3 is 2.71 bits per heavy atom. The zero-order valence-corrected chi connectivity index (χ0v) is 12.5. The summed E-state index contributed by atoms with van der Waals surface area (Å²) in [5.41, 5.74) is 0.796. The van der Waals surface area contributed by atoms with Gasteiger partial charge in [-0.1, -0.05) is 20.8 Å². The molecule has 21 heavy (non-hydrogen) atoms. The Balaban J connectivity index is 2.14. The summed E-state index contributed by atoms with van der Waals surface area (Å²) in [7, 11) is 0. The van der Waals surface area contributed by atoms with Crippen molar-refractivity contribution in [3.63, 3.8) is 0 Å². The van der Waals surface area contributed by atoms with Gasteiger partial charge in [-0.2, -0.15) is 5.10 Å². The summed E-state index contributed by atoms with van der Waals surface area (Å²) in [6, 6.07) is 5.04. The van der Waals surface area contributed by atoms with E-state index in [1.165, 1.54) is 0 Å². The van der Waals surface area contributed by atoms with Crippen LogP contribution in [0.2, 0.25) is 0 Å². The van der Waals surface area contributed by atoms with Crippen LogP contribution in [0.15, 0.2) is 30.6 Å². The van der Waals surface area contributed by atoms with Crippen LogP contribution in [0.5, 0.6) is 0 Å². The molecule has 0 saturated carbocycles. The summed E-state index contributed by atoms with van der Waals surface area (Å²) in [6.45, 7) is 7.34. The first-order valence-corrected chi connectivity index (χ1v) is 6.83. The molecular weight excluding hydrogens is 268 g/mol. The normalized spacial score (nSPS) is 11.4. The summed E-state index contributed by atoms with van der Waals surface area (Å²) in [5, 5.41) is 16.5. The molecule has 6 nitrogen and oxygen atoms in total. The molecule has 2 aromatic heterocycles. The lowest BCUT2D eigenvalue weighted by molar-refractivity contribution is 0.0696. The van der Waals surface area contributed by atoms with Gasteiger partial charge >= 0.3 is 5.97 Å². The van der Waals surface area contributed by atoms with Crippen molar-refractivity contribution in [3.05, 3.63) is 41.9 Å². The van der Waals surface area contributed by atoms with Gasteiger partial charge in [0.25, 0.3) is 0 Å². The molecule has 0 aliphatic carbocycles. The van der Waals surface area contributed by atoms with Crippen molar-refractivity contribution < 1.29 is 9.90 Å². The Kier molecular flexibility index (Phi) is 4.26. The zero-order chi connectivity index (χ0) is 15.5. The Morgan fingerprint density at radius 1 is 1.38 bits per heavy atom. The third-order valence-electron chi connectivity index (χ3n) is 3.05. The lowest BCUT2D eigenvalue weighted by Crippen LogP contribution is -2.18. The van der Waals surface area contributed by atoms with Crippen LogP contribution in [0.4, 0.5) is 5.82 Å². The van der Waals surface area contributed by atoms with E-state index in [1.807, 2.05) is 33.0 Å². The van der Waals surface area contributed by atoms with E-state index in [0.717, 1.165) is 5.69 Å². The van der Waals surface area contributed by atoms with Crippen LogP contribution in [0, 0.1) is 0 Å². The fourth-order valence-corrected chi connectivity index (χ4v) is 1.86. The van der Waals surface area contributed by atoms with Crippen molar-refractivity contribution >= 4 is 11.8 Å². The summed E-state index contributed by atoms with van der Waals surface area (Å²) >= 11 is 0. The third kappa shape index (κ3) is 4.05. The van der Waals surface area contributed by atoms with Crippen molar-refractivity contribution in [1.29, 1.82) is 0 Å². The number of carboxylic acids is 1. The summed E-state index contributed by atoms with van der Waals surface area (Å²) in [4.78, 5) is 15.7. The van der Waals surface area contributed by atoms with E-state index in [-0.39, 0.29) is 11.0 Å². The minimum atomic E-state index is -0.946. The topological polar surface area (TPSA) is 80.0 Å². The maximum Gasteiger partial charge on any atom is 0.335 e. The molecule has 2 rings (SSSR count). The second-order valence-corrected chi connectivity index (χ2v) is 5.88. The van der Waals surface area contributed by atoms with Gasteiger partial charge in [-0.25, -0.2) is 9.78 Å². The first-order chi connectivity index (χ1) is 9.86. The van der Waals surface area contributed by atoms with Crippen LogP contribution in [-0.4, -0.2) is 32.4 Å². The first-order valence-electron chi connectivity index (χ1n) is 6.83. The number of rotatable bonds is 5. The van der Waals surface area contributed by atoms with Gasteiger partial charge in [-0.15, -0.1) is 0 Å². The standard InChI is InChI=1S/C15H20N4O2/c1-15(2,3)12-9-11(14(20)21)10-13(18-12)16-6-8-19-7-4-5-17-19/h4-5,7,9-10H,6,8H2,1-3H3,(H,16,18)(H,20,21). The number of anilines is 1. The number of aromatic carboxylic acids is 1. The molecule has 0 spiro atoms. The van der Waals surface area contributed by atoms with Crippen LogP contribution < -0.4 is 5.32 Å². The molecule has 0 aliphatic heterocycles. The van der Waals surface area contributed by atoms with E-state index < -0.39 is 5.97 Å². The van der Waals surface area contributed by atoms with Crippen molar-refractivity contribution in [3.8, 4) is 0 Å². The predicted molar refractivity (Wildman–Crippen MR) is 80.6 cm³/mol. The zero-order valence-electron chi connectivity index (χ0n) is 12.5. The Labute approximate surface area is 123 Å². The molecule has 2 N–H and O–H groups in total. The highest BCUT2D eigenvalue weighted by Crippen LogP contribution is 2.23. The van der Waals surface area contributed by atoms with Gasteiger partial charge in [-0.3, -0.25) is 4.68 Å². The highest BCUT2D eigenvalue weighted by atomic mass is 16.4. The largest absolute Gasteiger partial charge is 0.478 e. The van der Waals surface area contributed by atoms with Crippen molar-refractivity contribution in [2.24, 2.45) is 0 Å². The van der Waals surface area contributed by atoms with E-state index in [4.69, 9.17) is 0 Å². The summed E-state index contributed by atoms with van der Waals surface area (Å²) < 4.78 is 1.80. The van der Waals surface area contributed by atoms with Gasteiger partial charge in [0.1, 0.15) is 5.82 Å². The van der Waals surface area contributed by atoms with Crippen molar-refractivity contribution in [2.45, 2.75) is 32.7 Å². The van der Waals surface area contributed by atoms with E-state index in [0.29, 0.717) is 18.9 Å². The number of carboxylic acid groups (broad SMARTS) is 1. The van der Waals surface area contributed by atoms with Crippen LogP contribution in [0.25, 0.3) is 0 Å². The van der Waals surface area contributed by atoms with Gasteiger partial charge in [0.05, 0.1) is 12.1 Å². The molecule has 0 aliphatic rings. The fraction of sp³-hybridized carbons (Fsp3) is 0.400. The number of pyridine rings is 1. The number of carbonyl (C=O) groups is 1. The first kappa shape index (κ1) is 15.0. The molecule has 0 bridgehead atoms. The summed E-state index contributed by atoms with van der Waals surface area (Å²) in [6.07, 6.45) is 3.60. The molecule has 2 heterocycles. The maximum atomic E-state index is 11.2. The van der Waals surface area contributed by atoms with Gasteiger partial charge in [0, 0.05) is 30.0 Å². The molecule has 112 valence electrons. The van der Waals surface area contributed by atoms with Gasteiger partial charge in [0.15, 0.2) is 0 Å². The van der Waals surface area contributed by atoms with E-state index in [1.54, 1.807) is 23.0 Å². The number of hydrogen-bond acceptors (Lipinski definition) is 4. The average molecular weight is 288 g/mol. The number of nitrogens with zero attached hydrogens (tertiary/aromatic N) is 3. The molecule has 0 saturated heterocycles. The minimum absolute atomic E-state index is 0.204. The third-order valence-corrected chi connectivity index (χ3v) is 3.05. The molecule has 0 aromatic carbocycles. The monoisotopic (exact) mass is 288 g/mol. The molecule has 2 aromatic rings. The van der Waals surface area contributed by atoms with Gasteiger partial charge in [-0.05, 0) is 18.2 Å². The highest BCUT2D eigenvalue weighted by molar-refractivity contribution is 5.88. The van der Waals surface area contributed by atoms with E-state index in [2.05, 4.69) is 15.4 Å². The molecule has 6 heteroatoms. The van der Waals surface area contributed by atoms with Crippen LogP contribution >= 0.6 is 0 Å². The van der Waals surface area contributed by atoms with Gasteiger partial charge in [0.2, 0.25) is 0 Å². The number of nitrogens with one attached hydrogen (secondary N) is 1. The molecule has 0 radical (unpaired) electrons. The van der Waals surface area contributed by atoms with Gasteiger partial charge < -0.3 is 10.4 Å². The lowest BCUT2D eigenvalue weighted by Gasteiger charge is -2.19. The molecule has 0 fully saturated rings. The van der Waals surface area contributed by atoms with Crippen LogP contribution in [-0.2, 0) is 12.0 Å². The predicted octanol–water partition coefficient (Wildman–Crippen LogP) is 2.39. The lowest BCUT2D eigenvalue weighted by atomic mass is 9.91. The van der Waals surface area contributed by atoms with E-state index >= 15 is 0 Å². The SMILES string of the molecule is CC(C)(C)c1cc(C(=O)O)cc(NCCn2cccn2)n1. The molecule has 0 atom stereocenters. The molecular formula is C15H20N4O2. The molecule has 0 amide bonds. The smallest absolute Gasteiger partial charge is 0.335 e. The average Bonchev–Trinajstić information content (AvgIpc) is 2.90. The Morgan fingerprint density at radius 2 is 2.14 bits per heavy atom. The van der Waals surface area contributed by atoms with Crippen LogP contribution in [0.1, 0.15) is 36.8 Å². The van der Waals surface area contributed by atoms with Crippen molar-refractivity contribution in [2.75, 3.05) is 11.9 Å². The van der Waals surface area contributed by atoms with Crippen LogP contribution in [0.3, 0.4) is 0 Å². The maximum absolute atomic E-state index is 11.2. The minimum Gasteiger partial charge on any atom is -0.478 e. The second kappa shape index (κ2) is 5.95. The van der Waals surface area contributed by atoms with Crippen molar-refractivity contribution in [1.82, 2.24) is 14.8 Å². The Hall–Kier alpha value is -2.37. The van der Waals surface area contributed by atoms with E-state index in [9.17, 15) is 9.90 Å². The quantitative estimate of drug-likeness (QED) is 0.883. The molecule has 0 unspecified atom stereocenters. The summed E-state index contributed by atoms with van der Waals surface area (Å²) in [5.74, 6) is -0.370. The fourth-order valence-electron chi connectivity index (χ4n) is 1.86. The second-order valence-electron chi connectivity index (χ2n) is 5.88. The Bertz CT molecular complexity index is 615.